The third kappa shape index (κ3) is 4.33. The van der Waals surface area contributed by atoms with Crippen molar-refractivity contribution in [2.75, 3.05) is 25.0 Å². The van der Waals surface area contributed by atoms with Crippen LogP contribution in [0, 0.1) is 0 Å². The van der Waals surface area contributed by atoms with Crippen LogP contribution in [-0.2, 0) is 0 Å². The Labute approximate surface area is 102 Å². The lowest BCUT2D eigenvalue weighted by Gasteiger charge is -2.24. The molecule has 0 amide bonds. The first-order valence-corrected chi connectivity index (χ1v) is 5.69. The van der Waals surface area contributed by atoms with Gasteiger partial charge in [-0.2, -0.15) is 0 Å². The topological polar surface area (TPSA) is 41.0 Å². The molecular formula is C11H19ClN4. The Morgan fingerprint density at radius 2 is 2.12 bits per heavy atom. The SMILES string of the molecule is CN(CCNC(C)(C)C)c1ncncc1Cl. The van der Waals surface area contributed by atoms with Crippen LogP contribution in [0.15, 0.2) is 12.5 Å². The van der Waals surface area contributed by atoms with Crippen molar-refractivity contribution < 1.29 is 0 Å². The number of nitrogens with zero attached hydrogens (tertiary/aromatic N) is 3. The van der Waals surface area contributed by atoms with Gasteiger partial charge in [0.25, 0.3) is 0 Å². The quantitative estimate of drug-likeness (QED) is 0.877. The van der Waals surface area contributed by atoms with Crippen molar-refractivity contribution in [2.24, 2.45) is 0 Å². The Morgan fingerprint density at radius 1 is 1.44 bits per heavy atom. The highest BCUT2D eigenvalue weighted by atomic mass is 35.5. The average Bonchev–Trinajstić information content (AvgIpc) is 2.16. The van der Waals surface area contributed by atoms with E-state index >= 15 is 0 Å². The molecule has 1 N–H and O–H groups in total. The maximum atomic E-state index is 6.00. The summed E-state index contributed by atoms with van der Waals surface area (Å²) in [5, 5.41) is 4.00. The molecule has 0 bridgehead atoms. The summed E-state index contributed by atoms with van der Waals surface area (Å²) in [6, 6.07) is 0. The Bertz CT molecular complexity index is 335. The summed E-state index contributed by atoms with van der Waals surface area (Å²) in [5.41, 5.74) is 0.135. The smallest absolute Gasteiger partial charge is 0.150 e. The number of anilines is 1. The number of rotatable bonds is 4. The van der Waals surface area contributed by atoms with Crippen LogP contribution < -0.4 is 10.2 Å². The van der Waals surface area contributed by atoms with Crippen molar-refractivity contribution >= 4 is 17.4 Å². The monoisotopic (exact) mass is 242 g/mol. The molecule has 4 nitrogen and oxygen atoms in total. The molecule has 16 heavy (non-hydrogen) atoms. The van der Waals surface area contributed by atoms with Gasteiger partial charge in [-0.05, 0) is 20.8 Å². The van der Waals surface area contributed by atoms with Gasteiger partial charge >= 0.3 is 0 Å². The van der Waals surface area contributed by atoms with Crippen molar-refractivity contribution in [1.29, 1.82) is 0 Å². The number of hydrogen-bond donors (Lipinski definition) is 1. The summed E-state index contributed by atoms with van der Waals surface area (Å²) in [4.78, 5) is 10.0. The molecule has 0 radical (unpaired) electrons. The molecule has 90 valence electrons. The maximum absolute atomic E-state index is 6.00. The van der Waals surface area contributed by atoms with E-state index in [1.165, 1.54) is 6.33 Å². The van der Waals surface area contributed by atoms with Gasteiger partial charge in [0.2, 0.25) is 0 Å². The lowest BCUT2D eigenvalue weighted by atomic mass is 10.1. The molecule has 0 unspecified atom stereocenters. The van der Waals surface area contributed by atoms with Gasteiger partial charge in [0.05, 0.1) is 6.20 Å². The highest BCUT2D eigenvalue weighted by molar-refractivity contribution is 6.32. The van der Waals surface area contributed by atoms with Gasteiger partial charge in [-0.3, -0.25) is 0 Å². The van der Waals surface area contributed by atoms with E-state index in [0.717, 1.165) is 18.9 Å². The molecule has 0 saturated carbocycles. The zero-order valence-electron chi connectivity index (χ0n) is 10.3. The van der Waals surface area contributed by atoms with Crippen LogP contribution in [0.3, 0.4) is 0 Å². The first-order chi connectivity index (χ1) is 7.40. The summed E-state index contributed by atoms with van der Waals surface area (Å²) >= 11 is 6.00. The second kappa shape index (κ2) is 5.46. The van der Waals surface area contributed by atoms with Gasteiger partial charge in [0.15, 0.2) is 5.82 Å². The van der Waals surface area contributed by atoms with Crippen molar-refractivity contribution in [1.82, 2.24) is 15.3 Å². The first kappa shape index (κ1) is 13.2. The Morgan fingerprint density at radius 3 is 2.69 bits per heavy atom. The summed E-state index contributed by atoms with van der Waals surface area (Å²) in [7, 11) is 1.97. The van der Waals surface area contributed by atoms with Crippen LogP contribution in [0.1, 0.15) is 20.8 Å². The van der Waals surface area contributed by atoms with Gasteiger partial charge in [-0.15, -0.1) is 0 Å². The molecule has 0 aliphatic carbocycles. The van der Waals surface area contributed by atoms with Gasteiger partial charge in [-0.1, -0.05) is 11.6 Å². The van der Waals surface area contributed by atoms with Gasteiger partial charge < -0.3 is 10.2 Å². The number of nitrogens with one attached hydrogen (secondary N) is 1. The zero-order chi connectivity index (χ0) is 12.2. The summed E-state index contributed by atoms with van der Waals surface area (Å²) < 4.78 is 0. The number of hydrogen-bond acceptors (Lipinski definition) is 4. The normalized spacial score (nSPS) is 11.6. The van der Waals surface area contributed by atoms with E-state index in [-0.39, 0.29) is 5.54 Å². The van der Waals surface area contributed by atoms with E-state index in [9.17, 15) is 0 Å². The van der Waals surface area contributed by atoms with Crippen molar-refractivity contribution in [3.63, 3.8) is 0 Å². The summed E-state index contributed by atoms with van der Waals surface area (Å²) in [6.07, 6.45) is 3.12. The molecule has 5 heteroatoms. The molecule has 1 heterocycles. The fourth-order valence-electron chi connectivity index (χ4n) is 1.29. The molecule has 0 atom stereocenters. The molecule has 0 fully saturated rings. The molecule has 0 spiro atoms. The fourth-order valence-corrected chi connectivity index (χ4v) is 1.54. The minimum absolute atomic E-state index is 0.135. The Kier molecular flexibility index (Phi) is 4.50. The molecule has 0 aliphatic rings. The third-order valence-corrected chi connectivity index (χ3v) is 2.38. The van der Waals surface area contributed by atoms with E-state index in [0.29, 0.717) is 5.02 Å². The van der Waals surface area contributed by atoms with Crippen LogP contribution in [0.5, 0.6) is 0 Å². The van der Waals surface area contributed by atoms with Crippen LogP contribution in [0.2, 0.25) is 5.02 Å². The molecular weight excluding hydrogens is 224 g/mol. The second-order valence-electron chi connectivity index (χ2n) is 4.79. The van der Waals surface area contributed by atoms with E-state index in [2.05, 4.69) is 36.1 Å². The van der Waals surface area contributed by atoms with Gasteiger partial charge in [0, 0.05) is 25.7 Å². The zero-order valence-corrected chi connectivity index (χ0v) is 11.0. The van der Waals surface area contributed by atoms with Crippen molar-refractivity contribution in [3.8, 4) is 0 Å². The predicted octanol–water partition coefficient (Wildman–Crippen LogP) is 1.95. The van der Waals surface area contributed by atoms with Crippen molar-refractivity contribution in [3.05, 3.63) is 17.5 Å². The van der Waals surface area contributed by atoms with E-state index in [1.54, 1.807) is 6.20 Å². The largest absolute Gasteiger partial charge is 0.357 e. The Balaban J connectivity index is 2.47. The van der Waals surface area contributed by atoms with Crippen molar-refractivity contribution in [2.45, 2.75) is 26.3 Å². The minimum atomic E-state index is 0.135. The predicted molar refractivity (Wildman–Crippen MR) is 68.1 cm³/mol. The average molecular weight is 243 g/mol. The Hall–Kier alpha value is -0.870. The standard InChI is InChI=1S/C11H19ClN4/c1-11(2,3)15-5-6-16(4)10-9(12)7-13-8-14-10/h7-8,15H,5-6H2,1-4H3. The first-order valence-electron chi connectivity index (χ1n) is 5.32. The van der Waals surface area contributed by atoms with Gasteiger partial charge in [-0.25, -0.2) is 9.97 Å². The highest BCUT2D eigenvalue weighted by Crippen LogP contribution is 2.19. The third-order valence-electron chi connectivity index (χ3n) is 2.11. The molecule has 1 aromatic heterocycles. The van der Waals surface area contributed by atoms with E-state index in [1.807, 2.05) is 11.9 Å². The summed E-state index contributed by atoms with van der Waals surface area (Å²) in [5.74, 6) is 0.771. The van der Waals surface area contributed by atoms with Crippen LogP contribution in [-0.4, -0.2) is 35.6 Å². The molecule has 0 aromatic carbocycles. The summed E-state index contributed by atoms with van der Waals surface area (Å²) in [6.45, 7) is 8.17. The van der Waals surface area contributed by atoms with Gasteiger partial charge in [0.1, 0.15) is 11.3 Å². The van der Waals surface area contributed by atoms with E-state index in [4.69, 9.17) is 11.6 Å². The maximum Gasteiger partial charge on any atom is 0.150 e. The molecule has 0 aliphatic heterocycles. The molecule has 1 aromatic rings. The van der Waals surface area contributed by atoms with Crippen LogP contribution in [0.25, 0.3) is 0 Å². The van der Waals surface area contributed by atoms with E-state index < -0.39 is 0 Å². The highest BCUT2D eigenvalue weighted by Gasteiger charge is 2.10. The van der Waals surface area contributed by atoms with Crippen LogP contribution in [0.4, 0.5) is 5.82 Å². The van der Waals surface area contributed by atoms with Crippen LogP contribution >= 0.6 is 11.6 Å². The number of likely N-dealkylation sites (N-methyl/N-ethyl adjacent to an activating group) is 1. The second-order valence-corrected chi connectivity index (χ2v) is 5.20. The lowest BCUT2D eigenvalue weighted by Crippen LogP contribution is -2.40. The number of halogens is 1. The fraction of sp³-hybridized carbons (Fsp3) is 0.636. The number of aromatic nitrogens is 2. The lowest BCUT2D eigenvalue weighted by molar-refractivity contribution is 0.430. The molecule has 0 saturated heterocycles. The minimum Gasteiger partial charge on any atom is -0.357 e. The molecule has 1 rings (SSSR count).